The Morgan fingerprint density at radius 3 is 2.48 bits per heavy atom. The molecule has 2 aromatic rings. The van der Waals surface area contributed by atoms with Gasteiger partial charge in [0.05, 0.1) is 11.4 Å². The largest absolute Gasteiger partial charge is 0.508 e. The average molecular weight is 336 g/mol. The van der Waals surface area contributed by atoms with Crippen molar-refractivity contribution in [3.8, 4) is 11.5 Å². The standard InChI is InChI=1S/C16H14ClNO5/c17-13-3-1-2-4-14(13)22-10-16(21)23-18-15(20)9-11-5-7-12(19)8-6-11/h1-8,19H,9-10H2,(H,18,20). The van der Waals surface area contributed by atoms with Crippen LogP contribution < -0.4 is 10.2 Å². The molecule has 1 amide bonds. The topological polar surface area (TPSA) is 84.9 Å². The molecule has 0 radical (unpaired) electrons. The number of halogens is 1. The van der Waals surface area contributed by atoms with E-state index in [4.69, 9.17) is 21.4 Å². The molecule has 0 aliphatic rings. The van der Waals surface area contributed by atoms with Gasteiger partial charge in [-0.15, -0.1) is 0 Å². The molecular weight excluding hydrogens is 322 g/mol. The van der Waals surface area contributed by atoms with Crippen LogP contribution in [-0.4, -0.2) is 23.6 Å². The number of para-hydroxylation sites is 1. The highest BCUT2D eigenvalue weighted by Gasteiger charge is 2.10. The number of aromatic hydroxyl groups is 1. The summed E-state index contributed by atoms with van der Waals surface area (Å²) < 4.78 is 5.18. The van der Waals surface area contributed by atoms with Gasteiger partial charge in [0.1, 0.15) is 11.5 Å². The molecule has 23 heavy (non-hydrogen) atoms. The maximum atomic E-state index is 11.6. The van der Waals surface area contributed by atoms with E-state index in [1.165, 1.54) is 12.1 Å². The van der Waals surface area contributed by atoms with Gasteiger partial charge in [0.2, 0.25) is 0 Å². The van der Waals surface area contributed by atoms with Crippen molar-refractivity contribution < 1.29 is 24.3 Å². The van der Waals surface area contributed by atoms with Gasteiger partial charge in [-0.05, 0) is 29.8 Å². The summed E-state index contributed by atoms with van der Waals surface area (Å²) in [6, 6.07) is 12.8. The molecule has 2 N–H and O–H groups in total. The minimum absolute atomic E-state index is 0.0128. The Balaban J connectivity index is 1.72. The normalized spacial score (nSPS) is 9.96. The molecule has 0 unspecified atom stereocenters. The number of rotatable bonds is 5. The number of hydroxylamine groups is 1. The molecule has 0 atom stereocenters. The van der Waals surface area contributed by atoms with Crippen LogP contribution in [-0.2, 0) is 20.8 Å². The van der Waals surface area contributed by atoms with Crippen molar-refractivity contribution >= 4 is 23.5 Å². The summed E-state index contributed by atoms with van der Waals surface area (Å²) in [5, 5.41) is 9.52. The summed E-state index contributed by atoms with van der Waals surface area (Å²) in [6.07, 6.45) is 0.0128. The lowest BCUT2D eigenvalue weighted by Crippen LogP contribution is -2.30. The first kappa shape index (κ1) is 16.6. The zero-order valence-electron chi connectivity index (χ0n) is 12.0. The second-order valence-corrected chi connectivity index (χ2v) is 4.97. The molecule has 0 bridgehead atoms. The van der Waals surface area contributed by atoms with Gasteiger partial charge in [0.15, 0.2) is 6.61 Å². The molecule has 120 valence electrons. The molecule has 2 rings (SSSR count). The molecule has 0 aliphatic carbocycles. The van der Waals surface area contributed by atoms with Crippen molar-refractivity contribution in [1.82, 2.24) is 5.48 Å². The van der Waals surface area contributed by atoms with Gasteiger partial charge in [0, 0.05) is 0 Å². The molecule has 2 aromatic carbocycles. The quantitative estimate of drug-likeness (QED) is 0.819. The summed E-state index contributed by atoms with van der Waals surface area (Å²) in [6.45, 7) is -0.386. The number of phenols is 1. The van der Waals surface area contributed by atoms with Crippen LogP contribution >= 0.6 is 11.6 Å². The van der Waals surface area contributed by atoms with Crippen molar-refractivity contribution in [3.05, 3.63) is 59.1 Å². The number of benzene rings is 2. The Kier molecular flexibility index (Phi) is 5.82. The molecular formula is C16H14ClNO5. The third kappa shape index (κ3) is 5.52. The predicted octanol–water partition coefficient (Wildman–Crippen LogP) is 2.24. The highest BCUT2D eigenvalue weighted by Crippen LogP contribution is 2.22. The third-order valence-electron chi connectivity index (χ3n) is 2.76. The van der Waals surface area contributed by atoms with Crippen LogP contribution in [0.1, 0.15) is 5.56 Å². The molecule has 0 fully saturated rings. The molecule has 0 spiro atoms. The smallest absolute Gasteiger partial charge is 0.369 e. The van der Waals surface area contributed by atoms with Gasteiger partial charge >= 0.3 is 5.97 Å². The number of carbonyl (C=O) groups excluding carboxylic acids is 2. The summed E-state index contributed by atoms with van der Waals surface area (Å²) in [5.74, 6) is -0.801. The lowest BCUT2D eigenvalue weighted by molar-refractivity contribution is -0.159. The van der Waals surface area contributed by atoms with E-state index in [0.717, 1.165) is 0 Å². The highest BCUT2D eigenvalue weighted by molar-refractivity contribution is 6.32. The number of hydrogen-bond acceptors (Lipinski definition) is 5. The zero-order chi connectivity index (χ0) is 16.7. The van der Waals surface area contributed by atoms with Crippen molar-refractivity contribution in [2.75, 3.05) is 6.61 Å². The Bertz CT molecular complexity index is 687. The van der Waals surface area contributed by atoms with Gasteiger partial charge in [-0.2, -0.15) is 5.48 Å². The summed E-state index contributed by atoms with van der Waals surface area (Å²) in [7, 11) is 0. The second-order valence-electron chi connectivity index (χ2n) is 4.56. The first-order valence-electron chi connectivity index (χ1n) is 6.68. The summed E-state index contributed by atoms with van der Waals surface area (Å²) in [5.41, 5.74) is 2.70. The maximum Gasteiger partial charge on any atom is 0.369 e. The fraction of sp³-hybridized carbons (Fsp3) is 0.125. The number of phenolic OH excluding ortho intramolecular Hbond substituents is 1. The SMILES string of the molecule is O=C(Cc1ccc(O)cc1)NOC(=O)COc1ccccc1Cl. The zero-order valence-corrected chi connectivity index (χ0v) is 12.7. The maximum absolute atomic E-state index is 11.6. The molecule has 0 aromatic heterocycles. The lowest BCUT2D eigenvalue weighted by atomic mass is 10.1. The van der Waals surface area contributed by atoms with Crippen molar-refractivity contribution in [2.45, 2.75) is 6.42 Å². The van der Waals surface area contributed by atoms with Gasteiger partial charge in [-0.1, -0.05) is 35.9 Å². The van der Waals surface area contributed by atoms with Gasteiger partial charge < -0.3 is 14.7 Å². The van der Waals surface area contributed by atoms with E-state index in [2.05, 4.69) is 4.84 Å². The Labute approximate surface area is 137 Å². The molecule has 6 nitrogen and oxygen atoms in total. The molecule has 0 saturated heterocycles. The van der Waals surface area contributed by atoms with Crippen molar-refractivity contribution in [1.29, 1.82) is 0 Å². The molecule has 7 heteroatoms. The predicted molar refractivity (Wildman–Crippen MR) is 83.0 cm³/mol. The number of ether oxygens (including phenoxy) is 1. The Hall–Kier alpha value is -2.73. The number of amides is 1. The fourth-order valence-electron chi connectivity index (χ4n) is 1.68. The van der Waals surface area contributed by atoms with Crippen molar-refractivity contribution in [3.63, 3.8) is 0 Å². The molecule has 0 saturated carbocycles. The van der Waals surface area contributed by atoms with Crippen LogP contribution in [0.15, 0.2) is 48.5 Å². The van der Waals surface area contributed by atoms with Crippen LogP contribution in [0.3, 0.4) is 0 Å². The van der Waals surface area contributed by atoms with Crippen LogP contribution in [0, 0.1) is 0 Å². The van der Waals surface area contributed by atoms with E-state index in [0.29, 0.717) is 16.3 Å². The number of hydrogen-bond donors (Lipinski definition) is 2. The van der Waals surface area contributed by atoms with E-state index < -0.39 is 11.9 Å². The lowest BCUT2D eigenvalue weighted by Gasteiger charge is -2.08. The summed E-state index contributed by atoms with van der Waals surface area (Å²) >= 11 is 5.87. The first-order chi connectivity index (χ1) is 11.0. The van der Waals surface area contributed by atoms with E-state index >= 15 is 0 Å². The van der Waals surface area contributed by atoms with Gasteiger partial charge in [0.25, 0.3) is 5.91 Å². The Morgan fingerprint density at radius 2 is 1.78 bits per heavy atom. The highest BCUT2D eigenvalue weighted by atomic mass is 35.5. The monoisotopic (exact) mass is 335 g/mol. The van der Waals surface area contributed by atoms with Gasteiger partial charge in [-0.3, -0.25) is 4.79 Å². The first-order valence-corrected chi connectivity index (χ1v) is 7.06. The van der Waals surface area contributed by atoms with E-state index in [-0.39, 0.29) is 18.8 Å². The molecule has 0 aliphatic heterocycles. The average Bonchev–Trinajstić information content (AvgIpc) is 2.54. The number of nitrogens with one attached hydrogen (secondary N) is 1. The fourth-order valence-corrected chi connectivity index (χ4v) is 1.87. The van der Waals surface area contributed by atoms with Crippen LogP contribution in [0.25, 0.3) is 0 Å². The van der Waals surface area contributed by atoms with Crippen LogP contribution in [0.2, 0.25) is 5.02 Å². The van der Waals surface area contributed by atoms with E-state index in [9.17, 15) is 9.59 Å². The molecule has 0 heterocycles. The van der Waals surface area contributed by atoms with E-state index in [1.807, 2.05) is 5.48 Å². The van der Waals surface area contributed by atoms with E-state index in [1.54, 1.807) is 36.4 Å². The minimum atomic E-state index is -0.760. The number of carbonyl (C=O) groups is 2. The third-order valence-corrected chi connectivity index (χ3v) is 3.07. The van der Waals surface area contributed by atoms with Gasteiger partial charge in [-0.25, -0.2) is 4.79 Å². The van der Waals surface area contributed by atoms with Crippen LogP contribution in [0.4, 0.5) is 0 Å². The second kappa shape index (κ2) is 8.05. The van der Waals surface area contributed by atoms with Crippen LogP contribution in [0.5, 0.6) is 11.5 Å². The Morgan fingerprint density at radius 1 is 1.09 bits per heavy atom. The minimum Gasteiger partial charge on any atom is -0.508 e. The van der Waals surface area contributed by atoms with Crippen molar-refractivity contribution in [2.24, 2.45) is 0 Å². The summed E-state index contributed by atoms with van der Waals surface area (Å²) in [4.78, 5) is 27.7.